The Morgan fingerprint density at radius 2 is 2.00 bits per heavy atom. The molecule has 126 valence electrons. The molecular weight excluding hydrogens is 326 g/mol. The van der Waals surface area contributed by atoms with Crippen molar-refractivity contribution in [3.05, 3.63) is 39.4 Å². The molecule has 6 heteroatoms. The topological polar surface area (TPSA) is 65.5 Å². The summed E-state index contributed by atoms with van der Waals surface area (Å²) in [7, 11) is 1.60. The summed E-state index contributed by atoms with van der Waals surface area (Å²) >= 11 is 1.09. The predicted molar refractivity (Wildman–Crippen MR) is 92.8 cm³/mol. The molecule has 1 atom stereocenters. The van der Waals surface area contributed by atoms with Crippen LogP contribution in [0, 0.1) is 5.92 Å². The summed E-state index contributed by atoms with van der Waals surface area (Å²) in [6, 6.07) is 7.28. The van der Waals surface area contributed by atoms with Crippen LogP contribution in [-0.4, -0.2) is 18.1 Å². The van der Waals surface area contributed by atoms with Gasteiger partial charge in [-0.05, 0) is 36.6 Å². The average Bonchev–Trinajstić information content (AvgIpc) is 2.53. The summed E-state index contributed by atoms with van der Waals surface area (Å²) < 4.78 is 10.3. The summed E-state index contributed by atoms with van der Waals surface area (Å²) in [5, 5.41) is 0.541. The summed E-state index contributed by atoms with van der Waals surface area (Å²) in [4.78, 5) is 29.0. The third-order valence-electron chi connectivity index (χ3n) is 3.97. The molecule has 1 unspecified atom stereocenters. The second kappa shape index (κ2) is 6.73. The first-order chi connectivity index (χ1) is 11.5. The molecule has 5 nitrogen and oxygen atoms in total. The number of carbonyl (C=O) groups excluding carboxylic acids is 1. The van der Waals surface area contributed by atoms with E-state index in [-0.39, 0.29) is 28.9 Å². The molecule has 0 amide bonds. The minimum atomic E-state index is -0.322. The van der Waals surface area contributed by atoms with Gasteiger partial charge in [0, 0.05) is 11.5 Å². The van der Waals surface area contributed by atoms with Crippen LogP contribution in [0.2, 0.25) is 0 Å². The lowest BCUT2D eigenvalue weighted by Crippen LogP contribution is -2.27. The van der Waals surface area contributed by atoms with Gasteiger partial charge in [0.25, 0.3) is 0 Å². The van der Waals surface area contributed by atoms with Gasteiger partial charge in [0.2, 0.25) is 10.6 Å². The van der Waals surface area contributed by atoms with Gasteiger partial charge < -0.3 is 9.47 Å². The molecule has 1 aliphatic rings. The fourth-order valence-corrected chi connectivity index (χ4v) is 3.83. The molecular formula is C18H19NO4S. The molecule has 3 rings (SSSR count). The number of rotatable bonds is 4. The van der Waals surface area contributed by atoms with Gasteiger partial charge in [-0.25, -0.2) is 4.98 Å². The molecule has 0 saturated heterocycles. The van der Waals surface area contributed by atoms with E-state index in [0.717, 1.165) is 29.1 Å². The smallest absolute Gasteiger partial charge is 0.313 e. The van der Waals surface area contributed by atoms with Crippen molar-refractivity contribution in [3.8, 4) is 22.2 Å². The number of methoxy groups -OCH3 is 1. The molecule has 24 heavy (non-hydrogen) atoms. The van der Waals surface area contributed by atoms with Gasteiger partial charge in [-0.15, -0.1) is 0 Å². The Balaban J connectivity index is 2.04. The van der Waals surface area contributed by atoms with Gasteiger partial charge in [0.15, 0.2) is 0 Å². The van der Waals surface area contributed by atoms with E-state index in [1.54, 1.807) is 19.2 Å². The number of benzene rings is 1. The Morgan fingerprint density at radius 1 is 1.29 bits per heavy atom. The van der Waals surface area contributed by atoms with Crippen molar-refractivity contribution in [2.45, 2.75) is 32.6 Å². The lowest BCUT2D eigenvalue weighted by atomic mass is 9.88. The van der Waals surface area contributed by atoms with Crippen LogP contribution in [0.4, 0.5) is 0 Å². The van der Waals surface area contributed by atoms with Crippen molar-refractivity contribution < 1.29 is 14.3 Å². The molecule has 1 aromatic heterocycles. The quantitative estimate of drug-likeness (QED) is 0.792. The van der Waals surface area contributed by atoms with E-state index >= 15 is 0 Å². The monoisotopic (exact) mass is 345 g/mol. The normalized spacial score (nSPS) is 16.7. The Morgan fingerprint density at radius 3 is 2.62 bits per heavy atom. The lowest BCUT2D eigenvalue weighted by molar-refractivity contribution is -0.136. The largest absolute Gasteiger partial charge is 0.497 e. The molecule has 1 aromatic carbocycles. The SMILES string of the molecule is COc1ccc(-c2nc3c(c(=O)s2)C(CC(C)C)CC(=O)O3)cc1. The van der Waals surface area contributed by atoms with Crippen LogP contribution in [0.25, 0.3) is 10.6 Å². The second-order valence-electron chi connectivity index (χ2n) is 6.26. The molecule has 2 heterocycles. The van der Waals surface area contributed by atoms with E-state index in [1.165, 1.54) is 0 Å². The van der Waals surface area contributed by atoms with Gasteiger partial charge in [-0.2, -0.15) is 0 Å². The van der Waals surface area contributed by atoms with Gasteiger partial charge in [0.1, 0.15) is 10.8 Å². The fourth-order valence-electron chi connectivity index (χ4n) is 2.90. The highest BCUT2D eigenvalue weighted by Crippen LogP contribution is 2.37. The first-order valence-electron chi connectivity index (χ1n) is 7.88. The predicted octanol–water partition coefficient (Wildman–Crippen LogP) is 3.62. The molecule has 2 aromatic rings. The zero-order valence-corrected chi connectivity index (χ0v) is 14.7. The fraction of sp³-hybridized carbons (Fsp3) is 0.389. The number of hydrogen-bond acceptors (Lipinski definition) is 6. The third kappa shape index (κ3) is 3.33. The van der Waals surface area contributed by atoms with E-state index in [2.05, 4.69) is 18.8 Å². The highest BCUT2D eigenvalue weighted by molar-refractivity contribution is 7.12. The molecule has 1 aliphatic heterocycles. The number of aromatic nitrogens is 1. The summed E-state index contributed by atoms with van der Waals surface area (Å²) in [6.45, 7) is 4.15. The zero-order valence-electron chi connectivity index (χ0n) is 13.9. The maximum Gasteiger partial charge on any atom is 0.313 e. The molecule has 0 saturated carbocycles. The summed E-state index contributed by atoms with van der Waals surface area (Å²) in [6.07, 6.45) is 1.02. The lowest BCUT2D eigenvalue weighted by Gasteiger charge is -2.24. The molecule has 0 N–H and O–H groups in total. The van der Waals surface area contributed by atoms with Crippen LogP contribution in [0.1, 0.15) is 38.2 Å². The number of esters is 1. The molecule has 0 fully saturated rings. The van der Waals surface area contributed by atoms with Crippen molar-refractivity contribution in [3.63, 3.8) is 0 Å². The molecule has 0 bridgehead atoms. The standard InChI is InChI=1S/C18H19NO4S/c1-10(2)8-12-9-14(20)23-16-15(12)18(21)24-17(19-16)11-4-6-13(22-3)7-5-11/h4-7,10,12H,8-9H2,1-3H3. The minimum Gasteiger partial charge on any atom is -0.497 e. The molecule has 0 radical (unpaired) electrons. The maximum absolute atomic E-state index is 12.6. The summed E-state index contributed by atoms with van der Waals surface area (Å²) in [5.41, 5.74) is 1.34. The van der Waals surface area contributed by atoms with Crippen molar-refractivity contribution in [1.82, 2.24) is 4.98 Å². The molecule has 0 spiro atoms. The van der Waals surface area contributed by atoms with E-state index in [1.807, 2.05) is 12.1 Å². The van der Waals surface area contributed by atoms with Crippen molar-refractivity contribution in [2.24, 2.45) is 5.92 Å². The second-order valence-corrected chi connectivity index (χ2v) is 7.22. The maximum atomic E-state index is 12.6. The Hall–Kier alpha value is -2.21. The van der Waals surface area contributed by atoms with Gasteiger partial charge in [0.05, 0.1) is 19.1 Å². The van der Waals surface area contributed by atoms with Crippen LogP contribution in [0.15, 0.2) is 29.1 Å². The van der Waals surface area contributed by atoms with Gasteiger partial charge in [-0.3, -0.25) is 9.59 Å². The third-order valence-corrected chi connectivity index (χ3v) is 4.89. The number of nitrogens with zero attached hydrogens (tertiary/aromatic N) is 1. The van der Waals surface area contributed by atoms with E-state index in [0.29, 0.717) is 16.5 Å². The van der Waals surface area contributed by atoms with Gasteiger partial charge in [-0.1, -0.05) is 25.2 Å². The van der Waals surface area contributed by atoms with Crippen molar-refractivity contribution in [2.75, 3.05) is 7.11 Å². The van der Waals surface area contributed by atoms with Crippen molar-refractivity contribution >= 4 is 17.3 Å². The zero-order chi connectivity index (χ0) is 17.3. The minimum absolute atomic E-state index is 0.0797. The van der Waals surface area contributed by atoms with Crippen LogP contribution >= 0.6 is 11.3 Å². The average molecular weight is 345 g/mol. The van der Waals surface area contributed by atoms with Crippen LogP contribution in [0.5, 0.6) is 11.6 Å². The first-order valence-corrected chi connectivity index (χ1v) is 8.69. The highest BCUT2D eigenvalue weighted by Gasteiger charge is 2.32. The summed E-state index contributed by atoms with van der Waals surface area (Å²) in [5.74, 6) is 0.859. The van der Waals surface area contributed by atoms with E-state index in [9.17, 15) is 9.59 Å². The van der Waals surface area contributed by atoms with Crippen LogP contribution in [-0.2, 0) is 4.79 Å². The number of fused-ring (bicyclic) bond motifs is 1. The Labute approximate surface area is 144 Å². The first kappa shape index (κ1) is 16.6. The number of carbonyl (C=O) groups is 1. The molecule has 0 aliphatic carbocycles. The van der Waals surface area contributed by atoms with Gasteiger partial charge >= 0.3 is 5.97 Å². The number of hydrogen-bond donors (Lipinski definition) is 0. The van der Waals surface area contributed by atoms with Crippen LogP contribution < -0.4 is 14.2 Å². The Bertz CT molecular complexity index is 811. The van der Waals surface area contributed by atoms with Crippen LogP contribution in [0.3, 0.4) is 0 Å². The van der Waals surface area contributed by atoms with E-state index < -0.39 is 0 Å². The van der Waals surface area contributed by atoms with E-state index in [4.69, 9.17) is 9.47 Å². The Kier molecular flexibility index (Phi) is 4.66. The highest BCUT2D eigenvalue weighted by atomic mass is 32.1. The van der Waals surface area contributed by atoms with Crippen molar-refractivity contribution in [1.29, 1.82) is 0 Å². The number of ether oxygens (including phenoxy) is 2.